The highest BCUT2D eigenvalue weighted by molar-refractivity contribution is 5.84. The summed E-state index contributed by atoms with van der Waals surface area (Å²) in [6, 6.07) is 13.7. The summed E-state index contributed by atoms with van der Waals surface area (Å²) in [7, 11) is 4.02. The highest BCUT2D eigenvalue weighted by atomic mass is 16.6. The van der Waals surface area contributed by atoms with Crippen LogP contribution in [0.5, 0.6) is 5.75 Å². The molecule has 0 N–H and O–H groups in total. The Kier molecular flexibility index (Phi) is 8.58. The third-order valence-electron chi connectivity index (χ3n) is 6.83. The van der Waals surface area contributed by atoms with Gasteiger partial charge < -0.3 is 23.8 Å². The van der Waals surface area contributed by atoms with E-state index in [4.69, 9.17) is 14.0 Å². The number of ether oxygens (including phenoxy) is 2. The van der Waals surface area contributed by atoms with Crippen LogP contribution in [0.1, 0.15) is 62.4 Å². The monoisotopic (exact) mass is 518 g/mol. The normalized spacial score (nSPS) is 14.6. The lowest BCUT2D eigenvalue weighted by Gasteiger charge is -2.33. The van der Waals surface area contributed by atoms with Crippen molar-refractivity contribution in [2.45, 2.75) is 65.2 Å². The molecular weight excluding hydrogens is 480 g/mol. The summed E-state index contributed by atoms with van der Waals surface area (Å²) in [6.07, 6.45) is 3.52. The number of piperidine rings is 1. The van der Waals surface area contributed by atoms with Crippen molar-refractivity contribution in [1.29, 1.82) is 5.26 Å². The fourth-order valence-corrected chi connectivity index (χ4v) is 4.85. The van der Waals surface area contributed by atoms with Crippen LogP contribution in [0.15, 0.2) is 40.9 Å². The average Bonchev–Trinajstić information content (AvgIpc) is 3.29. The molecule has 2 aromatic carbocycles. The molecule has 1 aliphatic rings. The van der Waals surface area contributed by atoms with Gasteiger partial charge in [-0.2, -0.15) is 5.26 Å². The Morgan fingerprint density at radius 1 is 1.18 bits per heavy atom. The fourth-order valence-electron chi connectivity index (χ4n) is 4.85. The SMILES string of the molecule is CN(C)Cc1c(OCc2ccccc2C#N)ccc2c(CCC3CCN(C(=O)OC(C)(C)C)CC3)noc12. The van der Waals surface area contributed by atoms with Gasteiger partial charge in [-0.15, -0.1) is 0 Å². The Morgan fingerprint density at radius 2 is 1.92 bits per heavy atom. The number of aryl methyl sites for hydroxylation is 1. The van der Waals surface area contributed by atoms with E-state index in [1.807, 2.05) is 70.1 Å². The first-order valence-electron chi connectivity index (χ1n) is 13.3. The van der Waals surface area contributed by atoms with Gasteiger partial charge >= 0.3 is 6.09 Å². The van der Waals surface area contributed by atoms with Crippen molar-refractivity contribution in [3.8, 4) is 11.8 Å². The maximum Gasteiger partial charge on any atom is 0.410 e. The molecule has 1 amide bonds. The summed E-state index contributed by atoms with van der Waals surface area (Å²) in [5.41, 5.74) is 3.64. The minimum absolute atomic E-state index is 0.221. The topological polar surface area (TPSA) is 91.8 Å². The molecule has 8 nitrogen and oxygen atoms in total. The van der Waals surface area contributed by atoms with Crippen LogP contribution >= 0.6 is 0 Å². The minimum Gasteiger partial charge on any atom is -0.488 e. The van der Waals surface area contributed by atoms with E-state index in [1.165, 1.54) is 0 Å². The lowest BCUT2D eigenvalue weighted by molar-refractivity contribution is 0.0181. The summed E-state index contributed by atoms with van der Waals surface area (Å²) in [5.74, 6) is 1.26. The highest BCUT2D eigenvalue weighted by Gasteiger charge is 2.27. The quantitative estimate of drug-likeness (QED) is 0.365. The Hall–Kier alpha value is -3.57. The first kappa shape index (κ1) is 27.5. The molecule has 202 valence electrons. The molecule has 3 aromatic rings. The smallest absolute Gasteiger partial charge is 0.410 e. The molecule has 1 aromatic heterocycles. The van der Waals surface area contributed by atoms with Crippen molar-refractivity contribution < 1.29 is 18.8 Å². The summed E-state index contributed by atoms with van der Waals surface area (Å²) in [5, 5.41) is 14.9. The molecule has 1 fully saturated rings. The van der Waals surface area contributed by atoms with Crippen LogP contribution in [0.3, 0.4) is 0 Å². The summed E-state index contributed by atoms with van der Waals surface area (Å²) < 4.78 is 17.6. The predicted octanol–water partition coefficient (Wildman–Crippen LogP) is 5.92. The Labute approximate surface area is 225 Å². The van der Waals surface area contributed by atoms with E-state index < -0.39 is 5.60 Å². The van der Waals surface area contributed by atoms with Crippen molar-refractivity contribution in [3.63, 3.8) is 0 Å². The molecule has 0 atom stereocenters. The lowest BCUT2D eigenvalue weighted by Crippen LogP contribution is -2.41. The zero-order chi connectivity index (χ0) is 27.3. The van der Waals surface area contributed by atoms with E-state index in [0.717, 1.165) is 72.3 Å². The first-order chi connectivity index (χ1) is 18.1. The molecule has 2 heterocycles. The van der Waals surface area contributed by atoms with Gasteiger partial charge in [-0.3, -0.25) is 0 Å². The van der Waals surface area contributed by atoms with Crippen molar-refractivity contribution in [2.24, 2.45) is 5.92 Å². The van der Waals surface area contributed by atoms with Crippen LogP contribution in [0, 0.1) is 17.2 Å². The number of likely N-dealkylation sites (tertiary alicyclic amines) is 1. The van der Waals surface area contributed by atoms with Gasteiger partial charge in [0.15, 0.2) is 5.58 Å². The van der Waals surface area contributed by atoms with Gasteiger partial charge in [0.05, 0.1) is 22.9 Å². The van der Waals surface area contributed by atoms with Crippen LogP contribution < -0.4 is 4.74 Å². The number of rotatable bonds is 8. The van der Waals surface area contributed by atoms with Gasteiger partial charge in [-0.05, 0) is 84.7 Å². The number of aromatic nitrogens is 1. The van der Waals surface area contributed by atoms with E-state index >= 15 is 0 Å². The van der Waals surface area contributed by atoms with Crippen molar-refractivity contribution in [3.05, 3.63) is 58.8 Å². The molecular formula is C30H38N4O4. The number of fused-ring (bicyclic) bond motifs is 1. The zero-order valence-electron chi connectivity index (χ0n) is 23.1. The standard InChI is InChI=1S/C30H38N4O4/c1-30(2,3)37-29(35)34-16-14-21(15-17-34)10-12-26-24-11-13-27(25(19-33(4)5)28(24)38-32-26)36-20-23-9-7-6-8-22(23)18-31/h6-9,11,13,21H,10,12,14-17,19-20H2,1-5H3. The van der Waals surface area contributed by atoms with E-state index in [1.54, 1.807) is 6.07 Å². The third kappa shape index (κ3) is 6.84. The van der Waals surface area contributed by atoms with Gasteiger partial charge in [0.25, 0.3) is 0 Å². The minimum atomic E-state index is -0.473. The number of nitrogens with zero attached hydrogens (tertiary/aromatic N) is 4. The predicted molar refractivity (Wildman–Crippen MR) is 146 cm³/mol. The van der Waals surface area contributed by atoms with Gasteiger partial charge in [-0.1, -0.05) is 23.4 Å². The third-order valence-corrected chi connectivity index (χ3v) is 6.83. The van der Waals surface area contributed by atoms with Gasteiger partial charge in [0.1, 0.15) is 18.0 Å². The summed E-state index contributed by atoms with van der Waals surface area (Å²) >= 11 is 0. The molecule has 1 saturated heterocycles. The fraction of sp³-hybridized carbons (Fsp3) is 0.500. The number of hydrogen-bond donors (Lipinski definition) is 0. The van der Waals surface area contributed by atoms with Crippen LogP contribution in [0.2, 0.25) is 0 Å². The number of hydrogen-bond acceptors (Lipinski definition) is 7. The number of carbonyl (C=O) groups is 1. The highest BCUT2D eigenvalue weighted by Crippen LogP contribution is 2.33. The summed E-state index contributed by atoms with van der Waals surface area (Å²) in [6.45, 7) is 8.08. The number of nitriles is 1. The molecule has 4 rings (SSSR count). The average molecular weight is 519 g/mol. The second-order valence-electron chi connectivity index (χ2n) is 11.3. The molecule has 0 saturated carbocycles. The van der Waals surface area contributed by atoms with E-state index in [-0.39, 0.29) is 6.09 Å². The first-order valence-corrected chi connectivity index (χ1v) is 13.3. The summed E-state index contributed by atoms with van der Waals surface area (Å²) in [4.78, 5) is 16.3. The van der Waals surface area contributed by atoms with Gasteiger partial charge in [0, 0.05) is 30.6 Å². The Balaban J connectivity index is 1.42. The van der Waals surface area contributed by atoms with Crippen molar-refractivity contribution in [2.75, 3.05) is 27.2 Å². The molecule has 8 heteroatoms. The van der Waals surface area contributed by atoms with Crippen molar-refractivity contribution >= 4 is 17.1 Å². The Morgan fingerprint density at radius 3 is 2.61 bits per heavy atom. The van der Waals surface area contributed by atoms with Crippen LogP contribution in [-0.4, -0.2) is 53.8 Å². The second kappa shape index (κ2) is 11.9. The maximum absolute atomic E-state index is 12.4. The molecule has 0 spiro atoms. The van der Waals surface area contributed by atoms with Crippen molar-refractivity contribution in [1.82, 2.24) is 15.0 Å². The Bertz CT molecular complexity index is 1290. The van der Waals surface area contributed by atoms with E-state index in [2.05, 4.69) is 16.1 Å². The second-order valence-corrected chi connectivity index (χ2v) is 11.3. The van der Waals surface area contributed by atoms with E-state index in [0.29, 0.717) is 24.6 Å². The van der Waals surface area contributed by atoms with Crippen LogP contribution in [0.25, 0.3) is 11.0 Å². The molecule has 0 aliphatic carbocycles. The lowest BCUT2D eigenvalue weighted by atomic mass is 9.91. The van der Waals surface area contributed by atoms with Crippen LogP contribution in [-0.2, 0) is 24.3 Å². The number of amides is 1. The number of carbonyl (C=O) groups excluding carboxylic acids is 1. The molecule has 0 bridgehead atoms. The number of benzene rings is 2. The molecule has 0 radical (unpaired) electrons. The molecule has 0 unspecified atom stereocenters. The van der Waals surface area contributed by atoms with Gasteiger partial charge in [-0.25, -0.2) is 4.79 Å². The molecule has 38 heavy (non-hydrogen) atoms. The molecule has 1 aliphatic heterocycles. The van der Waals surface area contributed by atoms with Crippen LogP contribution in [0.4, 0.5) is 4.79 Å². The van der Waals surface area contributed by atoms with Gasteiger partial charge in [0.2, 0.25) is 0 Å². The van der Waals surface area contributed by atoms with E-state index in [9.17, 15) is 10.1 Å². The largest absolute Gasteiger partial charge is 0.488 e. The maximum atomic E-state index is 12.4. The zero-order valence-corrected chi connectivity index (χ0v) is 23.1.